The van der Waals surface area contributed by atoms with Crippen LogP contribution in [0.1, 0.15) is 28.4 Å². The van der Waals surface area contributed by atoms with Gasteiger partial charge in [0, 0.05) is 44.5 Å². The highest BCUT2D eigenvalue weighted by Crippen LogP contribution is 2.28. The Kier molecular flexibility index (Phi) is 5.10. The van der Waals surface area contributed by atoms with Gasteiger partial charge in [-0.3, -0.25) is 14.5 Å². The van der Waals surface area contributed by atoms with Gasteiger partial charge in [-0.1, -0.05) is 18.2 Å². The van der Waals surface area contributed by atoms with Crippen molar-refractivity contribution in [2.45, 2.75) is 12.5 Å². The largest absolute Gasteiger partial charge is 0.345 e. The molecule has 136 valence electrons. The highest BCUT2D eigenvalue weighted by Gasteiger charge is 2.31. The third-order valence-electron chi connectivity index (χ3n) is 4.77. The van der Waals surface area contributed by atoms with Gasteiger partial charge >= 0.3 is 0 Å². The molecule has 1 fully saturated rings. The Hall–Kier alpha value is -1.93. The van der Waals surface area contributed by atoms with Crippen LogP contribution in [-0.4, -0.2) is 74.8 Å². The highest BCUT2D eigenvalue weighted by atomic mass is 32.2. The third-order valence-corrected chi connectivity index (χ3v) is 5.69. The maximum Gasteiger partial charge on any atom is 0.252 e. The molecular weight excluding hydrogens is 342 g/mol. The van der Waals surface area contributed by atoms with Crippen LogP contribution in [0.4, 0.5) is 0 Å². The van der Waals surface area contributed by atoms with Crippen molar-refractivity contribution < 1.29 is 18.0 Å². The number of carbonyl (C=O) groups is 2. The van der Waals surface area contributed by atoms with Crippen molar-refractivity contribution in [2.24, 2.45) is 0 Å². The number of rotatable bonds is 5. The molecule has 1 N–H and O–H groups in total. The van der Waals surface area contributed by atoms with Crippen LogP contribution in [0.3, 0.4) is 0 Å². The van der Waals surface area contributed by atoms with Crippen molar-refractivity contribution in [3.63, 3.8) is 0 Å². The predicted molar refractivity (Wildman–Crippen MR) is 94.0 cm³/mol. The molecule has 2 aliphatic heterocycles. The van der Waals surface area contributed by atoms with Crippen LogP contribution >= 0.6 is 0 Å². The van der Waals surface area contributed by atoms with Gasteiger partial charge in [-0.25, -0.2) is 8.42 Å². The summed E-state index contributed by atoms with van der Waals surface area (Å²) in [7, 11) is -2.97. The Morgan fingerprint density at radius 3 is 2.56 bits per heavy atom. The Bertz CT molecular complexity index is 770. The van der Waals surface area contributed by atoms with Gasteiger partial charge in [-0.05, 0) is 11.6 Å². The second-order valence-electron chi connectivity index (χ2n) is 6.67. The molecule has 3 rings (SSSR count). The molecule has 0 aromatic heterocycles. The molecule has 8 heteroatoms. The molecule has 0 bridgehead atoms. The minimum atomic E-state index is -2.97. The fourth-order valence-electron chi connectivity index (χ4n) is 3.30. The van der Waals surface area contributed by atoms with E-state index in [-0.39, 0.29) is 30.0 Å². The van der Waals surface area contributed by atoms with Gasteiger partial charge in [0.25, 0.3) is 5.91 Å². The fourth-order valence-corrected chi connectivity index (χ4v) is 3.89. The first-order chi connectivity index (χ1) is 11.8. The average molecular weight is 365 g/mol. The topological polar surface area (TPSA) is 86.8 Å². The van der Waals surface area contributed by atoms with Crippen LogP contribution < -0.4 is 5.32 Å². The summed E-state index contributed by atoms with van der Waals surface area (Å²) in [4.78, 5) is 28.4. The molecule has 1 aromatic carbocycles. The lowest BCUT2D eigenvalue weighted by Crippen LogP contribution is -2.50. The van der Waals surface area contributed by atoms with E-state index in [2.05, 4.69) is 10.2 Å². The Labute approximate surface area is 147 Å². The van der Waals surface area contributed by atoms with Crippen molar-refractivity contribution in [2.75, 3.05) is 44.7 Å². The molecule has 2 amide bonds. The second kappa shape index (κ2) is 7.13. The van der Waals surface area contributed by atoms with Crippen LogP contribution in [-0.2, 0) is 14.6 Å². The number of nitrogens with zero attached hydrogens (tertiary/aromatic N) is 2. The number of amides is 2. The van der Waals surface area contributed by atoms with Crippen LogP contribution in [0.25, 0.3) is 0 Å². The summed E-state index contributed by atoms with van der Waals surface area (Å²) in [5, 5.41) is 2.87. The SMILES string of the molecule is CS(=O)(=O)CCN1CCN(C(=O)CC2NC(=O)c3ccccc32)CC1. The zero-order valence-electron chi connectivity index (χ0n) is 14.3. The maximum atomic E-state index is 12.6. The molecule has 2 aliphatic rings. The Balaban J connectivity index is 1.52. The quantitative estimate of drug-likeness (QED) is 0.797. The molecule has 2 heterocycles. The molecule has 25 heavy (non-hydrogen) atoms. The summed E-state index contributed by atoms with van der Waals surface area (Å²) < 4.78 is 22.5. The van der Waals surface area contributed by atoms with Crippen molar-refractivity contribution in [3.8, 4) is 0 Å². The van der Waals surface area contributed by atoms with Crippen molar-refractivity contribution in [1.82, 2.24) is 15.1 Å². The monoisotopic (exact) mass is 365 g/mol. The van der Waals surface area contributed by atoms with E-state index in [0.717, 1.165) is 5.56 Å². The number of fused-ring (bicyclic) bond motifs is 1. The molecule has 0 spiro atoms. The van der Waals surface area contributed by atoms with Crippen LogP contribution in [0.15, 0.2) is 24.3 Å². The van der Waals surface area contributed by atoms with Gasteiger partial charge in [0.1, 0.15) is 9.84 Å². The van der Waals surface area contributed by atoms with E-state index >= 15 is 0 Å². The summed E-state index contributed by atoms with van der Waals surface area (Å²) in [5.41, 5.74) is 1.53. The molecule has 1 atom stereocenters. The zero-order valence-corrected chi connectivity index (χ0v) is 15.1. The number of piperazine rings is 1. The van der Waals surface area contributed by atoms with Gasteiger partial charge in [-0.2, -0.15) is 0 Å². The molecule has 1 unspecified atom stereocenters. The molecule has 1 aromatic rings. The van der Waals surface area contributed by atoms with Crippen LogP contribution in [0, 0.1) is 0 Å². The lowest BCUT2D eigenvalue weighted by Gasteiger charge is -2.35. The molecule has 7 nitrogen and oxygen atoms in total. The van der Waals surface area contributed by atoms with E-state index in [1.807, 2.05) is 18.2 Å². The van der Waals surface area contributed by atoms with Crippen molar-refractivity contribution in [1.29, 1.82) is 0 Å². The van der Waals surface area contributed by atoms with Crippen LogP contribution in [0.5, 0.6) is 0 Å². The number of hydrogen-bond donors (Lipinski definition) is 1. The third kappa shape index (κ3) is 4.38. The summed E-state index contributed by atoms with van der Waals surface area (Å²) in [5.74, 6) is 0.0370. The molecule has 0 aliphatic carbocycles. The normalized spacial score (nSPS) is 21.1. The highest BCUT2D eigenvalue weighted by molar-refractivity contribution is 7.90. The second-order valence-corrected chi connectivity index (χ2v) is 8.93. The first-order valence-corrected chi connectivity index (χ1v) is 10.5. The lowest BCUT2D eigenvalue weighted by molar-refractivity contribution is -0.133. The zero-order chi connectivity index (χ0) is 18.0. The first kappa shape index (κ1) is 17.9. The van der Waals surface area contributed by atoms with E-state index < -0.39 is 9.84 Å². The van der Waals surface area contributed by atoms with Crippen molar-refractivity contribution in [3.05, 3.63) is 35.4 Å². The number of benzene rings is 1. The summed E-state index contributed by atoms with van der Waals surface area (Å²) in [6.07, 6.45) is 1.49. The molecule has 1 saturated heterocycles. The van der Waals surface area contributed by atoms with E-state index in [1.165, 1.54) is 6.26 Å². The van der Waals surface area contributed by atoms with E-state index in [0.29, 0.717) is 38.3 Å². The number of carbonyl (C=O) groups excluding carboxylic acids is 2. The average Bonchev–Trinajstić information content (AvgIpc) is 2.89. The van der Waals surface area contributed by atoms with Crippen LogP contribution in [0.2, 0.25) is 0 Å². The van der Waals surface area contributed by atoms with Gasteiger partial charge in [0.2, 0.25) is 5.91 Å². The molecular formula is C17H23N3O4S. The van der Waals surface area contributed by atoms with Gasteiger partial charge in [0.15, 0.2) is 0 Å². The smallest absolute Gasteiger partial charge is 0.252 e. The standard InChI is InChI=1S/C17H23N3O4S/c1-25(23,24)11-10-19-6-8-20(9-7-19)16(21)12-15-13-4-2-3-5-14(13)17(22)18-15/h2-5,15H,6-12H2,1H3,(H,18,22). The van der Waals surface area contributed by atoms with E-state index in [1.54, 1.807) is 11.0 Å². The number of nitrogens with one attached hydrogen (secondary N) is 1. The van der Waals surface area contributed by atoms with Gasteiger partial charge in [-0.15, -0.1) is 0 Å². The lowest BCUT2D eigenvalue weighted by atomic mass is 10.0. The van der Waals surface area contributed by atoms with Gasteiger partial charge < -0.3 is 10.2 Å². The number of hydrogen-bond acceptors (Lipinski definition) is 5. The molecule has 0 radical (unpaired) electrons. The Morgan fingerprint density at radius 1 is 1.20 bits per heavy atom. The summed E-state index contributed by atoms with van der Waals surface area (Å²) >= 11 is 0. The maximum absolute atomic E-state index is 12.6. The van der Waals surface area contributed by atoms with E-state index in [4.69, 9.17) is 0 Å². The van der Waals surface area contributed by atoms with E-state index in [9.17, 15) is 18.0 Å². The minimum absolute atomic E-state index is 0.0183. The molecule has 0 saturated carbocycles. The minimum Gasteiger partial charge on any atom is -0.345 e. The Morgan fingerprint density at radius 2 is 1.88 bits per heavy atom. The predicted octanol–water partition coefficient (Wildman–Crippen LogP) is 0.0500. The number of sulfone groups is 1. The summed E-state index contributed by atoms with van der Waals surface area (Å²) in [6.45, 7) is 3.03. The van der Waals surface area contributed by atoms with Gasteiger partial charge in [0.05, 0.1) is 18.2 Å². The van der Waals surface area contributed by atoms with Crippen molar-refractivity contribution >= 4 is 21.7 Å². The first-order valence-electron chi connectivity index (χ1n) is 8.41. The fraction of sp³-hybridized carbons (Fsp3) is 0.529. The summed E-state index contributed by atoms with van der Waals surface area (Å²) in [6, 6.07) is 7.08.